The molecule has 0 aliphatic carbocycles. The van der Waals surface area contributed by atoms with Gasteiger partial charge < -0.3 is 4.90 Å². The molecule has 0 radical (unpaired) electrons. The Morgan fingerprint density at radius 2 is 1.88 bits per heavy atom. The third-order valence-electron chi connectivity index (χ3n) is 3.70. The van der Waals surface area contributed by atoms with Gasteiger partial charge in [-0.05, 0) is 36.8 Å². The molecule has 0 spiro atoms. The van der Waals surface area contributed by atoms with Crippen molar-refractivity contribution in [2.45, 2.75) is 26.7 Å². The topological polar surface area (TPSA) is 33.2 Å². The molecule has 1 fully saturated rings. The van der Waals surface area contributed by atoms with Gasteiger partial charge in [0, 0.05) is 31.0 Å². The minimum atomic E-state index is 0.148. The van der Waals surface area contributed by atoms with E-state index < -0.39 is 0 Å². The monoisotopic (exact) mass is 232 g/mol. The summed E-state index contributed by atoms with van der Waals surface area (Å²) in [6.07, 6.45) is 5.62. The lowest BCUT2D eigenvalue weighted by Gasteiger charge is -2.33. The number of carbonyl (C=O) groups is 1. The Kier molecular flexibility index (Phi) is 3.77. The highest BCUT2D eigenvalue weighted by Crippen LogP contribution is 2.25. The zero-order valence-corrected chi connectivity index (χ0v) is 10.6. The van der Waals surface area contributed by atoms with Gasteiger partial charge in [-0.15, -0.1) is 0 Å². The van der Waals surface area contributed by atoms with Crippen LogP contribution in [0.5, 0.6) is 0 Å². The van der Waals surface area contributed by atoms with E-state index >= 15 is 0 Å². The van der Waals surface area contributed by atoms with Crippen molar-refractivity contribution in [1.82, 2.24) is 9.88 Å². The number of carbonyl (C=O) groups excluding carboxylic acids is 1. The third-order valence-corrected chi connectivity index (χ3v) is 3.70. The Labute approximate surface area is 103 Å². The van der Waals surface area contributed by atoms with E-state index in [4.69, 9.17) is 0 Å². The quantitative estimate of drug-likeness (QED) is 0.785. The van der Waals surface area contributed by atoms with Gasteiger partial charge in [0.2, 0.25) is 0 Å². The van der Waals surface area contributed by atoms with Crippen LogP contribution in [0.15, 0.2) is 24.5 Å². The third kappa shape index (κ3) is 2.84. The molecule has 0 atom stereocenters. The summed E-state index contributed by atoms with van der Waals surface area (Å²) in [7, 11) is 0. The normalized spacial score (nSPS) is 17.5. The minimum absolute atomic E-state index is 0.148. The van der Waals surface area contributed by atoms with Crippen LogP contribution in [-0.2, 0) is 0 Å². The van der Waals surface area contributed by atoms with Gasteiger partial charge >= 0.3 is 0 Å². The molecule has 1 aliphatic rings. The summed E-state index contributed by atoms with van der Waals surface area (Å²) in [5.74, 6) is 1.65. The lowest BCUT2D eigenvalue weighted by atomic mass is 9.86. The summed E-state index contributed by atoms with van der Waals surface area (Å²) < 4.78 is 0. The van der Waals surface area contributed by atoms with Crippen molar-refractivity contribution < 1.29 is 4.79 Å². The molecule has 2 rings (SSSR count). The van der Waals surface area contributed by atoms with Crippen molar-refractivity contribution in [3.63, 3.8) is 0 Å². The van der Waals surface area contributed by atoms with E-state index in [0.717, 1.165) is 43.3 Å². The number of likely N-dealkylation sites (tertiary alicyclic amines) is 1. The molecule has 1 aromatic rings. The summed E-state index contributed by atoms with van der Waals surface area (Å²) in [5.41, 5.74) is 0.753. The molecule has 1 aromatic heterocycles. The van der Waals surface area contributed by atoms with Crippen LogP contribution in [-0.4, -0.2) is 28.9 Å². The van der Waals surface area contributed by atoms with Gasteiger partial charge in [-0.3, -0.25) is 9.78 Å². The van der Waals surface area contributed by atoms with Crippen molar-refractivity contribution in [2.24, 2.45) is 11.8 Å². The molecule has 17 heavy (non-hydrogen) atoms. The van der Waals surface area contributed by atoms with E-state index in [1.807, 2.05) is 4.90 Å². The Bertz CT molecular complexity index is 367. The Hall–Kier alpha value is -1.38. The number of aromatic nitrogens is 1. The van der Waals surface area contributed by atoms with E-state index in [1.54, 1.807) is 24.5 Å². The zero-order chi connectivity index (χ0) is 12.3. The van der Waals surface area contributed by atoms with Crippen LogP contribution < -0.4 is 0 Å². The highest BCUT2D eigenvalue weighted by molar-refractivity contribution is 5.94. The number of amides is 1. The summed E-state index contributed by atoms with van der Waals surface area (Å²) in [4.78, 5) is 18.1. The molecule has 0 N–H and O–H groups in total. The first-order valence-corrected chi connectivity index (χ1v) is 6.38. The summed E-state index contributed by atoms with van der Waals surface area (Å²) in [6.45, 7) is 6.32. The zero-order valence-electron chi connectivity index (χ0n) is 10.6. The number of nitrogens with zero attached hydrogens (tertiary/aromatic N) is 2. The Morgan fingerprint density at radius 1 is 1.29 bits per heavy atom. The number of piperidine rings is 1. The smallest absolute Gasteiger partial charge is 0.253 e. The summed E-state index contributed by atoms with van der Waals surface area (Å²) in [5, 5.41) is 0. The Morgan fingerprint density at radius 3 is 2.41 bits per heavy atom. The first kappa shape index (κ1) is 12.1. The fourth-order valence-corrected chi connectivity index (χ4v) is 2.45. The lowest BCUT2D eigenvalue weighted by molar-refractivity contribution is 0.0667. The van der Waals surface area contributed by atoms with Crippen LogP contribution in [0.4, 0.5) is 0 Å². The van der Waals surface area contributed by atoms with Gasteiger partial charge in [-0.2, -0.15) is 0 Å². The van der Waals surface area contributed by atoms with Crippen LogP contribution in [0.2, 0.25) is 0 Å². The highest BCUT2D eigenvalue weighted by Gasteiger charge is 2.24. The van der Waals surface area contributed by atoms with E-state index in [1.165, 1.54) is 0 Å². The molecule has 2 heterocycles. The van der Waals surface area contributed by atoms with Crippen molar-refractivity contribution in [3.8, 4) is 0 Å². The van der Waals surface area contributed by atoms with Gasteiger partial charge in [0.05, 0.1) is 0 Å². The second-order valence-corrected chi connectivity index (χ2v) is 5.11. The first-order valence-electron chi connectivity index (χ1n) is 6.38. The summed E-state index contributed by atoms with van der Waals surface area (Å²) in [6, 6.07) is 3.58. The maximum atomic E-state index is 12.2. The SMILES string of the molecule is CC(C)C1CCN(C(=O)c2ccncc2)CC1. The first-order chi connectivity index (χ1) is 8.18. The van der Waals surface area contributed by atoms with Gasteiger partial charge in [0.25, 0.3) is 5.91 Å². The molecule has 1 aliphatic heterocycles. The van der Waals surface area contributed by atoms with Crippen LogP contribution >= 0.6 is 0 Å². The van der Waals surface area contributed by atoms with Crippen molar-refractivity contribution in [2.75, 3.05) is 13.1 Å². The fourth-order valence-electron chi connectivity index (χ4n) is 2.45. The van der Waals surface area contributed by atoms with E-state index in [-0.39, 0.29) is 5.91 Å². The standard InChI is InChI=1S/C14H20N2O/c1-11(2)12-5-9-16(10-6-12)14(17)13-3-7-15-8-4-13/h3-4,7-8,11-12H,5-6,9-10H2,1-2H3. The second kappa shape index (κ2) is 5.30. The molecule has 0 unspecified atom stereocenters. The molecule has 0 bridgehead atoms. The van der Waals surface area contributed by atoms with Gasteiger partial charge in [0.15, 0.2) is 0 Å². The predicted molar refractivity (Wildman–Crippen MR) is 67.7 cm³/mol. The van der Waals surface area contributed by atoms with E-state index in [0.29, 0.717) is 0 Å². The number of pyridine rings is 1. The average Bonchev–Trinajstić information content (AvgIpc) is 2.39. The second-order valence-electron chi connectivity index (χ2n) is 5.11. The minimum Gasteiger partial charge on any atom is -0.339 e. The maximum absolute atomic E-state index is 12.2. The van der Waals surface area contributed by atoms with Crippen LogP contribution in [0, 0.1) is 11.8 Å². The van der Waals surface area contributed by atoms with E-state index in [9.17, 15) is 4.79 Å². The highest BCUT2D eigenvalue weighted by atomic mass is 16.2. The molecule has 0 aromatic carbocycles. The number of hydrogen-bond acceptors (Lipinski definition) is 2. The van der Waals surface area contributed by atoms with Crippen LogP contribution in [0.25, 0.3) is 0 Å². The van der Waals surface area contributed by atoms with Crippen LogP contribution in [0.1, 0.15) is 37.0 Å². The number of rotatable bonds is 2. The lowest BCUT2D eigenvalue weighted by Crippen LogP contribution is -2.39. The van der Waals surface area contributed by atoms with Crippen molar-refractivity contribution in [3.05, 3.63) is 30.1 Å². The maximum Gasteiger partial charge on any atom is 0.253 e. The van der Waals surface area contributed by atoms with Gasteiger partial charge in [-0.25, -0.2) is 0 Å². The van der Waals surface area contributed by atoms with Crippen LogP contribution in [0.3, 0.4) is 0 Å². The van der Waals surface area contributed by atoms with Gasteiger partial charge in [-0.1, -0.05) is 13.8 Å². The number of hydrogen-bond donors (Lipinski definition) is 0. The summed E-state index contributed by atoms with van der Waals surface area (Å²) >= 11 is 0. The van der Waals surface area contributed by atoms with E-state index in [2.05, 4.69) is 18.8 Å². The molecule has 1 saturated heterocycles. The van der Waals surface area contributed by atoms with Gasteiger partial charge in [0.1, 0.15) is 0 Å². The fraction of sp³-hybridized carbons (Fsp3) is 0.571. The Balaban J connectivity index is 1.95. The van der Waals surface area contributed by atoms with Crippen molar-refractivity contribution in [1.29, 1.82) is 0 Å². The molecule has 3 nitrogen and oxygen atoms in total. The molecule has 1 amide bonds. The molecular formula is C14H20N2O. The molecule has 92 valence electrons. The molecule has 0 saturated carbocycles. The largest absolute Gasteiger partial charge is 0.339 e. The van der Waals surface area contributed by atoms with Crippen molar-refractivity contribution >= 4 is 5.91 Å². The molecule has 3 heteroatoms. The average molecular weight is 232 g/mol. The predicted octanol–water partition coefficient (Wildman–Crippen LogP) is 2.59. The molecular weight excluding hydrogens is 212 g/mol.